The van der Waals surface area contributed by atoms with Gasteiger partial charge in [0.2, 0.25) is 0 Å². The quantitative estimate of drug-likeness (QED) is 0.808. The van der Waals surface area contributed by atoms with Crippen LogP contribution in [0.2, 0.25) is 0 Å². The minimum atomic E-state index is 1.00. The zero-order valence-corrected chi connectivity index (χ0v) is 12.8. The van der Waals surface area contributed by atoms with Gasteiger partial charge in [-0.1, -0.05) is 13.8 Å². The molecule has 0 aromatic heterocycles. The van der Waals surface area contributed by atoms with Gasteiger partial charge in [0, 0.05) is 0 Å². The lowest BCUT2D eigenvalue weighted by atomic mass is 9.79. The summed E-state index contributed by atoms with van der Waals surface area (Å²) < 4.78 is 0. The monoisotopic (exact) mass is 261 g/mol. The highest BCUT2D eigenvalue weighted by Gasteiger charge is 2.46. The number of hydrogen-bond donors (Lipinski definition) is 1. The third-order valence-corrected chi connectivity index (χ3v) is 7.84. The van der Waals surface area contributed by atoms with Crippen molar-refractivity contribution in [1.82, 2.24) is 5.32 Å². The summed E-state index contributed by atoms with van der Waals surface area (Å²) in [5, 5.41) is 3.90. The van der Waals surface area contributed by atoms with Crippen molar-refractivity contribution >= 4 is 0 Å². The van der Waals surface area contributed by atoms with E-state index in [9.17, 15) is 0 Å². The van der Waals surface area contributed by atoms with Crippen molar-refractivity contribution in [3.63, 3.8) is 0 Å². The van der Waals surface area contributed by atoms with Crippen LogP contribution in [-0.4, -0.2) is 13.1 Å². The van der Waals surface area contributed by atoms with Crippen molar-refractivity contribution in [2.24, 2.45) is 47.3 Å². The van der Waals surface area contributed by atoms with E-state index in [1.54, 1.807) is 12.8 Å². The molecule has 1 heteroatoms. The Hall–Kier alpha value is -0.0400. The smallest absolute Gasteiger partial charge is 0.00151 e. The maximum atomic E-state index is 3.90. The Bertz CT molecular complexity index is 303. The first kappa shape index (κ1) is 12.7. The fourth-order valence-electron chi connectivity index (χ4n) is 6.52. The molecule has 0 aromatic carbocycles. The highest BCUT2D eigenvalue weighted by molar-refractivity contribution is 4.97. The Labute approximate surface area is 118 Å². The van der Waals surface area contributed by atoms with Crippen LogP contribution < -0.4 is 5.32 Å². The fraction of sp³-hybridized carbons (Fsp3) is 1.00. The van der Waals surface area contributed by atoms with E-state index >= 15 is 0 Å². The lowest BCUT2D eigenvalue weighted by molar-refractivity contribution is 0.202. The molecule has 0 radical (unpaired) electrons. The minimum absolute atomic E-state index is 1.00. The lowest BCUT2D eigenvalue weighted by Crippen LogP contribution is -2.36. The number of fused-ring (bicyclic) bond motifs is 4. The van der Waals surface area contributed by atoms with Crippen LogP contribution >= 0.6 is 0 Å². The SMILES string of the molecule is C[C@@H]1[C@@H]2CC[C@H](C2)[C@@H]1CNC[C@H]1[C@H]2CC[C@H](C2)[C@H]1C. The molecule has 0 saturated heterocycles. The number of hydrogen-bond acceptors (Lipinski definition) is 1. The topological polar surface area (TPSA) is 12.0 Å². The van der Waals surface area contributed by atoms with Crippen molar-refractivity contribution in [2.45, 2.75) is 52.4 Å². The van der Waals surface area contributed by atoms with Crippen molar-refractivity contribution in [3.05, 3.63) is 0 Å². The number of rotatable bonds is 4. The van der Waals surface area contributed by atoms with Gasteiger partial charge < -0.3 is 5.32 Å². The minimum Gasteiger partial charge on any atom is -0.316 e. The molecule has 4 fully saturated rings. The average Bonchev–Trinajstić information content (AvgIpc) is 3.14. The lowest BCUT2D eigenvalue weighted by Gasteiger charge is -2.32. The molecule has 0 aliphatic heterocycles. The zero-order chi connectivity index (χ0) is 13.0. The molecule has 0 amide bonds. The van der Waals surface area contributed by atoms with Crippen LogP contribution in [0.5, 0.6) is 0 Å². The molecule has 19 heavy (non-hydrogen) atoms. The third-order valence-electron chi connectivity index (χ3n) is 7.84. The molecule has 0 aromatic rings. The van der Waals surface area contributed by atoms with Crippen LogP contribution in [0.3, 0.4) is 0 Å². The second-order valence-electron chi connectivity index (χ2n) is 8.37. The highest BCUT2D eigenvalue weighted by Crippen LogP contribution is 2.53. The summed E-state index contributed by atoms with van der Waals surface area (Å²) in [6, 6.07) is 0. The van der Waals surface area contributed by atoms with E-state index in [4.69, 9.17) is 0 Å². The molecule has 4 bridgehead atoms. The summed E-state index contributed by atoms with van der Waals surface area (Å²) in [5.74, 6) is 8.33. The average molecular weight is 261 g/mol. The van der Waals surface area contributed by atoms with Gasteiger partial charge in [-0.3, -0.25) is 0 Å². The van der Waals surface area contributed by atoms with Crippen LogP contribution in [0.15, 0.2) is 0 Å². The van der Waals surface area contributed by atoms with Crippen LogP contribution in [0.1, 0.15) is 52.4 Å². The molecule has 4 rings (SSSR count). The summed E-state index contributed by atoms with van der Waals surface area (Å²) >= 11 is 0. The van der Waals surface area contributed by atoms with Crippen LogP contribution in [0.25, 0.3) is 0 Å². The van der Waals surface area contributed by atoms with E-state index in [-0.39, 0.29) is 0 Å². The van der Waals surface area contributed by atoms with Crippen molar-refractivity contribution < 1.29 is 0 Å². The maximum absolute atomic E-state index is 3.90. The zero-order valence-electron chi connectivity index (χ0n) is 12.8. The van der Waals surface area contributed by atoms with Gasteiger partial charge in [0.15, 0.2) is 0 Å². The van der Waals surface area contributed by atoms with Gasteiger partial charge in [-0.25, -0.2) is 0 Å². The Morgan fingerprint density at radius 3 is 1.47 bits per heavy atom. The molecule has 4 aliphatic rings. The second-order valence-corrected chi connectivity index (χ2v) is 8.37. The van der Waals surface area contributed by atoms with Crippen molar-refractivity contribution in [2.75, 3.05) is 13.1 Å². The molecule has 0 heterocycles. The van der Waals surface area contributed by atoms with E-state index in [1.165, 1.54) is 38.8 Å². The Morgan fingerprint density at radius 1 is 0.684 bits per heavy atom. The van der Waals surface area contributed by atoms with Gasteiger partial charge in [0.25, 0.3) is 0 Å². The second kappa shape index (κ2) is 4.76. The Balaban J connectivity index is 1.28. The van der Waals surface area contributed by atoms with Gasteiger partial charge >= 0.3 is 0 Å². The van der Waals surface area contributed by atoms with E-state index in [1.807, 2.05) is 0 Å². The third kappa shape index (κ3) is 1.99. The van der Waals surface area contributed by atoms with Crippen molar-refractivity contribution in [1.29, 1.82) is 0 Å². The van der Waals surface area contributed by atoms with Gasteiger partial charge in [0.1, 0.15) is 0 Å². The molecule has 1 nitrogen and oxygen atoms in total. The predicted octanol–water partition coefficient (Wildman–Crippen LogP) is 3.94. The van der Waals surface area contributed by atoms with E-state index < -0.39 is 0 Å². The summed E-state index contributed by atoms with van der Waals surface area (Å²) in [6.07, 6.45) is 9.24. The van der Waals surface area contributed by atoms with Gasteiger partial charge in [-0.2, -0.15) is 0 Å². The molecular weight excluding hydrogens is 230 g/mol. The Kier molecular flexibility index (Phi) is 3.17. The summed E-state index contributed by atoms with van der Waals surface area (Å²) in [5.41, 5.74) is 0. The molecule has 4 aliphatic carbocycles. The van der Waals surface area contributed by atoms with Crippen LogP contribution in [0, 0.1) is 47.3 Å². The van der Waals surface area contributed by atoms with Gasteiger partial charge in [-0.15, -0.1) is 0 Å². The van der Waals surface area contributed by atoms with Crippen LogP contribution in [0.4, 0.5) is 0 Å². The molecule has 8 atom stereocenters. The summed E-state index contributed by atoms with van der Waals surface area (Å²) in [4.78, 5) is 0. The normalized spacial score (nSPS) is 55.3. The molecule has 4 saturated carbocycles. The van der Waals surface area contributed by atoms with E-state index in [2.05, 4.69) is 19.2 Å². The van der Waals surface area contributed by atoms with Crippen LogP contribution in [-0.2, 0) is 0 Å². The standard InChI is InChI=1S/C18H31N/c1-11-13-3-5-15(7-13)17(11)9-19-10-18-12(2)14-4-6-16(18)8-14/h11-19H,3-10H2,1-2H3/t11-,12-,13-,14-,15-,16+,17-,18-/m1/s1. The molecule has 108 valence electrons. The molecule has 1 N–H and O–H groups in total. The predicted molar refractivity (Wildman–Crippen MR) is 79.8 cm³/mol. The molecular formula is C18H31N. The summed E-state index contributed by atoms with van der Waals surface area (Å²) in [6.45, 7) is 7.69. The summed E-state index contributed by atoms with van der Waals surface area (Å²) in [7, 11) is 0. The molecule has 0 unspecified atom stereocenters. The molecule has 0 spiro atoms. The Morgan fingerprint density at radius 2 is 1.11 bits per heavy atom. The first-order valence-electron chi connectivity index (χ1n) is 8.94. The van der Waals surface area contributed by atoms with E-state index in [0.717, 1.165) is 47.3 Å². The number of nitrogens with one attached hydrogen (secondary N) is 1. The van der Waals surface area contributed by atoms with E-state index in [0.29, 0.717) is 0 Å². The highest BCUT2D eigenvalue weighted by atomic mass is 14.9. The van der Waals surface area contributed by atoms with Crippen molar-refractivity contribution in [3.8, 4) is 0 Å². The van der Waals surface area contributed by atoms with Gasteiger partial charge in [0.05, 0.1) is 0 Å². The first-order chi connectivity index (χ1) is 9.24. The fourth-order valence-corrected chi connectivity index (χ4v) is 6.52. The first-order valence-corrected chi connectivity index (χ1v) is 8.94. The maximum Gasteiger partial charge on any atom is -0.00151 e. The van der Waals surface area contributed by atoms with Gasteiger partial charge in [-0.05, 0) is 99.0 Å². The largest absolute Gasteiger partial charge is 0.316 e.